The van der Waals surface area contributed by atoms with Gasteiger partial charge in [-0.25, -0.2) is 9.98 Å². The largest absolute Gasteiger partial charge is 0.337 e. The van der Waals surface area contributed by atoms with Gasteiger partial charge in [-0.05, 0) is 30.5 Å². The molecule has 0 radical (unpaired) electrons. The van der Waals surface area contributed by atoms with Crippen molar-refractivity contribution in [3.05, 3.63) is 89.1 Å². The van der Waals surface area contributed by atoms with Gasteiger partial charge >= 0.3 is 0 Å². The number of hydrogen-bond acceptors (Lipinski definition) is 3. The van der Waals surface area contributed by atoms with Crippen LogP contribution in [-0.4, -0.2) is 14.1 Å². The first-order valence-corrected chi connectivity index (χ1v) is 9.99. The van der Waals surface area contributed by atoms with Gasteiger partial charge in [-0.2, -0.15) is 0 Å². The summed E-state index contributed by atoms with van der Waals surface area (Å²) in [6.45, 7) is 3.96. The summed E-state index contributed by atoms with van der Waals surface area (Å²) in [6.07, 6.45) is 6.73. The molecule has 0 saturated carbocycles. The number of nitrogens with zero attached hydrogens (tertiary/aromatic N) is 4. The molecule has 0 atom stereocenters. The number of thiazole rings is 1. The summed E-state index contributed by atoms with van der Waals surface area (Å²) < 4.78 is 4.46. The van der Waals surface area contributed by atoms with E-state index in [1.807, 2.05) is 24.8 Å². The Labute approximate surface area is 163 Å². The van der Waals surface area contributed by atoms with Crippen molar-refractivity contribution >= 4 is 17.0 Å². The molecule has 0 N–H and O–H groups in total. The van der Waals surface area contributed by atoms with Crippen LogP contribution in [0.1, 0.15) is 12.0 Å². The first-order chi connectivity index (χ1) is 13.3. The molecule has 0 saturated heterocycles. The van der Waals surface area contributed by atoms with Crippen LogP contribution in [0.5, 0.6) is 0 Å². The van der Waals surface area contributed by atoms with Gasteiger partial charge in [0.15, 0.2) is 4.80 Å². The van der Waals surface area contributed by atoms with Gasteiger partial charge in [-0.1, -0.05) is 48.5 Å². The van der Waals surface area contributed by atoms with Gasteiger partial charge in [0.05, 0.1) is 17.7 Å². The Balaban J connectivity index is 1.70. The molecule has 0 aliphatic carbocycles. The van der Waals surface area contributed by atoms with E-state index in [1.54, 1.807) is 11.3 Å². The Kier molecular flexibility index (Phi) is 5.30. The van der Waals surface area contributed by atoms with E-state index in [9.17, 15) is 0 Å². The van der Waals surface area contributed by atoms with Crippen molar-refractivity contribution in [2.24, 2.45) is 4.99 Å². The van der Waals surface area contributed by atoms with E-state index in [4.69, 9.17) is 4.99 Å². The fraction of sp³-hybridized carbons (Fsp3) is 0.182. The van der Waals surface area contributed by atoms with E-state index in [0.717, 1.165) is 30.0 Å². The van der Waals surface area contributed by atoms with E-state index < -0.39 is 0 Å². The second kappa shape index (κ2) is 8.18. The van der Waals surface area contributed by atoms with Gasteiger partial charge in [-0.15, -0.1) is 11.3 Å². The first-order valence-electron chi connectivity index (χ1n) is 9.11. The highest BCUT2D eigenvalue weighted by Crippen LogP contribution is 2.22. The van der Waals surface area contributed by atoms with E-state index in [-0.39, 0.29) is 0 Å². The maximum absolute atomic E-state index is 4.96. The summed E-state index contributed by atoms with van der Waals surface area (Å²) in [7, 11) is 0. The number of aryl methyl sites for hydroxylation is 2. The third kappa shape index (κ3) is 4.09. The average Bonchev–Trinajstić information content (AvgIpc) is 3.35. The molecule has 136 valence electrons. The third-order valence-corrected chi connectivity index (χ3v) is 5.42. The Hall–Kier alpha value is -2.92. The zero-order valence-electron chi connectivity index (χ0n) is 15.3. The summed E-state index contributed by atoms with van der Waals surface area (Å²) in [5, 5.41) is 2.21. The molecule has 0 aliphatic rings. The minimum Gasteiger partial charge on any atom is -0.337 e. The van der Waals surface area contributed by atoms with Gasteiger partial charge in [0.25, 0.3) is 0 Å². The van der Waals surface area contributed by atoms with Crippen LogP contribution < -0.4 is 4.80 Å². The Bertz CT molecular complexity index is 1060. The number of para-hydroxylation sites is 1. The topological polar surface area (TPSA) is 35.1 Å². The zero-order valence-corrected chi connectivity index (χ0v) is 16.1. The van der Waals surface area contributed by atoms with Crippen LogP contribution in [-0.2, 0) is 13.1 Å². The lowest BCUT2D eigenvalue weighted by atomic mass is 10.2. The molecule has 0 amide bonds. The van der Waals surface area contributed by atoms with E-state index in [1.165, 1.54) is 16.8 Å². The second-order valence-electron chi connectivity index (χ2n) is 6.47. The summed E-state index contributed by atoms with van der Waals surface area (Å²) in [5.74, 6) is 0. The monoisotopic (exact) mass is 374 g/mol. The second-order valence-corrected chi connectivity index (χ2v) is 7.31. The fourth-order valence-electron chi connectivity index (χ4n) is 3.10. The molecule has 2 aromatic carbocycles. The SMILES string of the molecule is Cc1ccccc1N=c1scc(-c2ccccc2)n1CCCn1ccnc1. The Morgan fingerprint density at radius 1 is 1.00 bits per heavy atom. The molecular weight excluding hydrogens is 352 g/mol. The van der Waals surface area contributed by atoms with Crippen molar-refractivity contribution in [2.45, 2.75) is 26.4 Å². The van der Waals surface area contributed by atoms with Gasteiger partial charge in [0.2, 0.25) is 0 Å². The van der Waals surface area contributed by atoms with Crippen molar-refractivity contribution in [1.29, 1.82) is 0 Å². The highest BCUT2D eigenvalue weighted by molar-refractivity contribution is 7.07. The lowest BCUT2D eigenvalue weighted by Crippen LogP contribution is -2.17. The molecule has 4 nitrogen and oxygen atoms in total. The molecule has 2 heterocycles. The zero-order chi connectivity index (χ0) is 18.5. The quantitative estimate of drug-likeness (QED) is 0.465. The summed E-state index contributed by atoms with van der Waals surface area (Å²) in [4.78, 5) is 10.1. The van der Waals surface area contributed by atoms with Crippen molar-refractivity contribution < 1.29 is 0 Å². The maximum atomic E-state index is 4.96. The van der Waals surface area contributed by atoms with Crippen molar-refractivity contribution in [3.63, 3.8) is 0 Å². The predicted molar refractivity (Wildman–Crippen MR) is 111 cm³/mol. The molecular formula is C22H22N4S. The van der Waals surface area contributed by atoms with Crippen LogP contribution in [0, 0.1) is 6.92 Å². The van der Waals surface area contributed by atoms with Gasteiger partial charge in [0, 0.05) is 30.9 Å². The molecule has 4 rings (SSSR count). The van der Waals surface area contributed by atoms with Gasteiger partial charge < -0.3 is 9.13 Å². The highest BCUT2D eigenvalue weighted by atomic mass is 32.1. The standard InChI is InChI=1S/C22H22N4S/c1-18-8-5-6-11-20(18)24-22-26(14-7-13-25-15-12-23-17-25)21(16-27-22)19-9-3-2-4-10-19/h2-6,8-12,15-17H,7,13-14H2,1H3. The average molecular weight is 375 g/mol. The van der Waals surface area contributed by atoms with Crippen LogP contribution in [0.3, 0.4) is 0 Å². The van der Waals surface area contributed by atoms with E-state index in [0.29, 0.717) is 0 Å². The molecule has 0 unspecified atom stereocenters. The molecule has 0 spiro atoms. The van der Waals surface area contributed by atoms with E-state index >= 15 is 0 Å². The molecule has 5 heteroatoms. The highest BCUT2D eigenvalue weighted by Gasteiger charge is 2.08. The molecule has 4 aromatic rings. The van der Waals surface area contributed by atoms with Gasteiger partial charge in [0.1, 0.15) is 0 Å². The van der Waals surface area contributed by atoms with Crippen LogP contribution in [0.25, 0.3) is 11.3 Å². The molecule has 0 aliphatic heterocycles. The Morgan fingerprint density at radius 3 is 2.59 bits per heavy atom. The van der Waals surface area contributed by atoms with Crippen LogP contribution in [0.4, 0.5) is 5.69 Å². The summed E-state index contributed by atoms with van der Waals surface area (Å²) in [6, 6.07) is 18.8. The van der Waals surface area contributed by atoms with Crippen molar-refractivity contribution in [2.75, 3.05) is 0 Å². The minimum atomic E-state index is 0.913. The lowest BCUT2D eigenvalue weighted by molar-refractivity contribution is 0.559. The van der Waals surface area contributed by atoms with Crippen molar-refractivity contribution in [1.82, 2.24) is 14.1 Å². The van der Waals surface area contributed by atoms with Crippen LogP contribution in [0.2, 0.25) is 0 Å². The lowest BCUT2D eigenvalue weighted by Gasteiger charge is -2.10. The molecule has 2 aromatic heterocycles. The number of rotatable bonds is 6. The van der Waals surface area contributed by atoms with Crippen LogP contribution >= 0.6 is 11.3 Å². The predicted octanol–water partition coefficient (Wildman–Crippen LogP) is 5.04. The number of benzene rings is 2. The first kappa shape index (κ1) is 17.5. The normalized spacial score (nSPS) is 11.8. The van der Waals surface area contributed by atoms with E-state index in [2.05, 4.69) is 75.0 Å². The van der Waals surface area contributed by atoms with Crippen LogP contribution in [0.15, 0.2) is 83.7 Å². The maximum Gasteiger partial charge on any atom is 0.190 e. The number of imidazole rings is 1. The third-order valence-electron chi connectivity index (χ3n) is 4.56. The number of hydrogen-bond donors (Lipinski definition) is 0. The minimum absolute atomic E-state index is 0.913. The summed E-state index contributed by atoms with van der Waals surface area (Å²) >= 11 is 1.70. The summed E-state index contributed by atoms with van der Waals surface area (Å²) in [5.41, 5.74) is 4.67. The Morgan fingerprint density at radius 2 is 1.81 bits per heavy atom. The molecule has 0 fully saturated rings. The molecule has 27 heavy (non-hydrogen) atoms. The number of aromatic nitrogens is 3. The fourth-order valence-corrected chi connectivity index (χ4v) is 4.04. The smallest absolute Gasteiger partial charge is 0.190 e. The molecule has 0 bridgehead atoms. The van der Waals surface area contributed by atoms with Crippen molar-refractivity contribution in [3.8, 4) is 11.3 Å². The van der Waals surface area contributed by atoms with Gasteiger partial charge in [-0.3, -0.25) is 0 Å².